The van der Waals surface area contributed by atoms with Crippen LogP contribution in [0.25, 0.3) is 0 Å². The lowest BCUT2D eigenvalue weighted by Crippen LogP contribution is -2.35. The van der Waals surface area contributed by atoms with Crippen molar-refractivity contribution in [3.63, 3.8) is 0 Å². The molecular weight excluding hydrogens is 216 g/mol. The van der Waals surface area contributed by atoms with Gasteiger partial charge in [-0.1, -0.05) is 5.16 Å². The van der Waals surface area contributed by atoms with E-state index in [0.717, 1.165) is 43.7 Å². The highest BCUT2D eigenvalue weighted by Gasteiger charge is 2.23. The Morgan fingerprint density at radius 3 is 2.53 bits per heavy atom. The van der Waals surface area contributed by atoms with Crippen LogP contribution >= 0.6 is 0 Å². The van der Waals surface area contributed by atoms with Gasteiger partial charge in [0.2, 0.25) is 0 Å². The molecule has 0 spiro atoms. The third-order valence-corrected chi connectivity index (χ3v) is 3.72. The van der Waals surface area contributed by atoms with Crippen LogP contribution in [-0.2, 0) is 11.3 Å². The van der Waals surface area contributed by atoms with Crippen LogP contribution in [0.3, 0.4) is 0 Å². The third kappa shape index (κ3) is 2.75. The highest BCUT2D eigenvalue weighted by atomic mass is 16.5. The van der Waals surface area contributed by atoms with Crippen molar-refractivity contribution in [3.05, 3.63) is 17.0 Å². The zero-order chi connectivity index (χ0) is 12.4. The zero-order valence-corrected chi connectivity index (χ0v) is 10.8. The maximum Gasteiger partial charge on any atom is 0.138 e. The van der Waals surface area contributed by atoms with Gasteiger partial charge < -0.3 is 4.52 Å². The number of nitrogens with zero attached hydrogens (tertiary/aromatic N) is 2. The van der Waals surface area contributed by atoms with Crippen molar-refractivity contribution in [2.24, 2.45) is 0 Å². The van der Waals surface area contributed by atoms with Gasteiger partial charge >= 0.3 is 0 Å². The Morgan fingerprint density at radius 2 is 2.00 bits per heavy atom. The van der Waals surface area contributed by atoms with Gasteiger partial charge in [-0.25, -0.2) is 0 Å². The molecule has 17 heavy (non-hydrogen) atoms. The van der Waals surface area contributed by atoms with E-state index in [0.29, 0.717) is 11.8 Å². The highest BCUT2D eigenvalue weighted by molar-refractivity contribution is 5.79. The van der Waals surface area contributed by atoms with Crippen LogP contribution in [0.15, 0.2) is 4.52 Å². The molecule has 0 aromatic carbocycles. The smallest absolute Gasteiger partial charge is 0.138 e. The molecule has 0 saturated heterocycles. The molecule has 1 aromatic rings. The lowest BCUT2D eigenvalue weighted by Gasteiger charge is -2.30. The predicted molar refractivity (Wildman–Crippen MR) is 64.7 cm³/mol. The van der Waals surface area contributed by atoms with E-state index < -0.39 is 0 Å². The summed E-state index contributed by atoms with van der Waals surface area (Å²) in [5.74, 6) is 1.31. The summed E-state index contributed by atoms with van der Waals surface area (Å²) in [7, 11) is 2.12. The molecule has 1 fully saturated rings. The molecule has 0 N–H and O–H groups in total. The van der Waals surface area contributed by atoms with Crippen molar-refractivity contribution in [2.75, 3.05) is 7.05 Å². The van der Waals surface area contributed by atoms with E-state index >= 15 is 0 Å². The molecule has 0 radical (unpaired) electrons. The average molecular weight is 236 g/mol. The molecule has 4 heteroatoms. The topological polar surface area (TPSA) is 46.3 Å². The lowest BCUT2D eigenvalue weighted by atomic mass is 9.93. The minimum atomic E-state index is 0.409. The van der Waals surface area contributed by atoms with Crippen LogP contribution in [0, 0.1) is 13.8 Å². The molecular formula is C13H20N2O2. The normalized spacial score (nSPS) is 18.0. The third-order valence-electron chi connectivity index (χ3n) is 3.72. The number of carbonyl (C=O) groups excluding carboxylic acids is 1. The largest absolute Gasteiger partial charge is 0.361 e. The summed E-state index contributed by atoms with van der Waals surface area (Å²) in [6.45, 7) is 4.79. The predicted octanol–water partition coefficient (Wildman–Crippen LogP) is 2.23. The number of aryl methyl sites for hydroxylation is 2. The van der Waals surface area contributed by atoms with Crippen LogP contribution < -0.4 is 0 Å². The summed E-state index contributed by atoms with van der Waals surface area (Å²) < 4.78 is 5.17. The van der Waals surface area contributed by atoms with Gasteiger partial charge in [0.05, 0.1) is 5.69 Å². The lowest BCUT2D eigenvalue weighted by molar-refractivity contribution is -0.121. The van der Waals surface area contributed by atoms with E-state index in [2.05, 4.69) is 17.1 Å². The summed E-state index contributed by atoms with van der Waals surface area (Å²) in [4.78, 5) is 13.5. The van der Waals surface area contributed by atoms with Crippen molar-refractivity contribution in [3.8, 4) is 0 Å². The molecule has 0 atom stereocenters. The summed E-state index contributed by atoms with van der Waals surface area (Å²) in [5, 5.41) is 3.97. The monoisotopic (exact) mass is 236 g/mol. The van der Waals surface area contributed by atoms with Gasteiger partial charge in [-0.2, -0.15) is 0 Å². The number of carbonyl (C=O) groups is 1. The standard InChI is InChI=1S/C13H20N2O2/c1-9-13(10(2)17-14-9)8-15(3)11-4-6-12(16)7-5-11/h11H,4-8H2,1-3H3. The summed E-state index contributed by atoms with van der Waals surface area (Å²) in [6, 6.07) is 0.515. The van der Waals surface area contributed by atoms with Crippen molar-refractivity contribution < 1.29 is 9.32 Å². The van der Waals surface area contributed by atoms with Crippen molar-refractivity contribution >= 4 is 5.78 Å². The number of hydrogen-bond donors (Lipinski definition) is 0. The molecule has 0 aliphatic heterocycles. The molecule has 2 rings (SSSR count). The highest BCUT2D eigenvalue weighted by Crippen LogP contribution is 2.22. The molecule has 1 aliphatic rings. The zero-order valence-electron chi connectivity index (χ0n) is 10.8. The van der Waals surface area contributed by atoms with Crippen molar-refractivity contribution in [1.29, 1.82) is 0 Å². The van der Waals surface area contributed by atoms with Gasteiger partial charge in [0.15, 0.2) is 0 Å². The molecule has 4 nitrogen and oxygen atoms in total. The SMILES string of the molecule is Cc1noc(C)c1CN(C)C1CCC(=O)CC1. The summed E-state index contributed by atoms with van der Waals surface area (Å²) >= 11 is 0. The Hall–Kier alpha value is -1.16. The fourth-order valence-corrected chi connectivity index (χ4v) is 2.47. The Balaban J connectivity index is 1.97. The van der Waals surface area contributed by atoms with E-state index in [4.69, 9.17) is 4.52 Å². The summed E-state index contributed by atoms with van der Waals surface area (Å²) in [6.07, 6.45) is 3.44. The minimum absolute atomic E-state index is 0.409. The van der Waals surface area contributed by atoms with Crippen LogP contribution in [0.5, 0.6) is 0 Å². The first-order valence-corrected chi connectivity index (χ1v) is 6.21. The fourth-order valence-electron chi connectivity index (χ4n) is 2.47. The van der Waals surface area contributed by atoms with Crippen molar-refractivity contribution in [2.45, 2.75) is 52.1 Å². The molecule has 1 saturated carbocycles. The summed E-state index contributed by atoms with van der Waals surface area (Å²) in [5.41, 5.74) is 2.16. The second-order valence-corrected chi connectivity index (χ2v) is 4.99. The number of ketones is 1. The van der Waals surface area contributed by atoms with Crippen LogP contribution in [-0.4, -0.2) is 28.9 Å². The first-order valence-electron chi connectivity index (χ1n) is 6.21. The van der Waals surface area contributed by atoms with Gasteiger partial charge in [-0.3, -0.25) is 9.69 Å². The Bertz CT molecular complexity index is 382. The van der Waals surface area contributed by atoms with Crippen molar-refractivity contribution in [1.82, 2.24) is 10.1 Å². The first kappa shape index (κ1) is 12.3. The van der Waals surface area contributed by atoms with Gasteiger partial charge in [0, 0.05) is 31.0 Å². The molecule has 1 aliphatic carbocycles. The quantitative estimate of drug-likeness (QED) is 0.807. The van der Waals surface area contributed by atoms with E-state index in [-0.39, 0.29) is 0 Å². The Labute approximate surface area is 102 Å². The van der Waals surface area contributed by atoms with Crippen LogP contribution in [0.4, 0.5) is 0 Å². The van der Waals surface area contributed by atoms with Gasteiger partial charge in [0.1, 0.15) is 11.5 Å². The number of Topliss-reactive ketones (excluding diaryl/α,β-unsaturated/α-hetero) is 1. The second kappa shape index (κ2) is 5.00. The van der Waals surface area contributed by atoms with Gasteiger partial charge in [0.25, 0.3) is 0 Å². The number of aromatic nitrogens is 1. The number of rotatable bonds is 3. The maximum atomic E-state index is 11.2. The Morgan fingerprint density at radius 1 is 1.35 bits per heavy atom. The second-order valence-electron chi connectivity index (χ2n) is 4.99. The van der Waals surface area contributed by atoms with Gasteiger partial charge in [-0.15, -0.1) is 0 Å². The average Bonchev–Trinajstić information content (AvgIpc) is 2.61. The van der Waals surface area contributed by atoms with E-state index in [1.165, 1.54) is 5.56 Å². The molecule has 1 heterocycles. The van der Waals surface area contributed by atoms with Crippen LogP contribution in [0.2, 0.25) is 0 Å². The van der Waals surface area contributed by atoms with E-state index in [1.807, 2.05) is 13.8 Å². The molecule has 1 aromatic heterocycles. The molecule has 94 valence electrons. The number of hydrogen-bond acceptors (Lipinski definition) is 4. The Kier molecular flexibility index (Phi) is 3.62. The molecule has 0 amide bonds. The first-order chi connectivity index (χ1) is 8.08. The van der Waals surface area contributed by atoms with Crippen LogP contribution in [0.1, 0.15) is 42.7 Å². The molecule has 0 bridgehead atoms. The van der Waals surface area contributed by atoms with E-state index in [1.54, 1.807) is 0 Å². The van der Waals surface area contributed by atoms with E-state index in [9.17, 15) is 4.79 Å². The maximum absolute atomic E-state index is 11.2. The fraction of sp³-hybridized carbons (Fsp3) is 0.692. The molecule has 0 unspecified atom stereocenters. The minimum Gasteiger partial charge on any atom is -0.361 e. The van der Waals surface area contributed by atoms with Gasteiger partial charge in [-0.05, 0) is 33.7 Å².